The first-order valence-electron chi connectivity index (χ1n) is 10.8. The molecule has 0 saturated carbocycles. The molecule has 0 N–H and O–H groups in total. The van der Waals surface area contributed by atoms with Crippen molar-refractivity contribution in [2.45, 2.75) is 26.3 Å². The summed E-state index contributed by atoms with van der Waals surface area (Å²) in [7, 11) is 3.42. The second-order valence-corrected chi connectivity index (χ2v) is 7.93. The molecule has 0 aliphatic carbocycles. The number of tetrazole rings is 1. The molecule has 1 aliphatic heterocycles. The number of hydrogen-bond acceptors (Lipinski definition) is 6. The Morgan fingerprint density at radius 1 is 1.16 bits per heavy atom. The van der Waals surface area contributed by atoms with Gasteiger partial charge in [-0.05, 0) is 65.6 Å². The number of amides is 1. The SMILES string of the molecule is COc1cccc(/C=C(/C(=O)N(C)Cc2ccccc2N2CCCC2)n2nnnc2C)c1. The minimum atomic E-state index is -0.167. The third-order valence-electron chi connectivity index (χ3n) is 5.66. The molecule has 2 aromatic carbocycles. The van der Waals surface area contributed by atoms with Gasteiger partial charge in [-0.25, -0.2) is 0 Å². The Balaban J connectivity index is 1.64. The number of ether oxygens (including phenoxy) is 1. The van der Waals surface area contributed by atoms with Crippen molar-refractivity contribution in [2.75, 3.05) is 32.1 Å². The zero-order valence-electron chi connectivity index (χ0n) is 18.7. The number of aryl methyl sites for hydroxylation is 1. The average Bonchev–Trinajstić information content (AvgIpc) is 3.49. The third-order valence-corrected chi connectivity index (χ3v) is 5.66. The number of methoxy groups -OCH3 is 1. The number of benzene rings is 2. The first-order chi connectivity index (χ1) is 15.6. The monoisotopic (exact) mass is 432 g/mol. The van der Waals surface area contributed by atoms with Crippen LogP contribution in [-0.2, 0) is 11.3 Å². The number of nitrogens with zero attached hydrogens (tertiary/aromatic N) is 6. The molecule has 4 rings (SSSR count). The summed E-state index contributed by atoms with van der Waals surface area (Å²) in [6.45, 7) is 4.37. The molecule has 3 aromatic rings. The summed E-state index contributed by atoms with van der Waals surface area (Å²) in [4.78, 5) is 17.7. The highest BCUT2D eigenvalue weighted by atomic mass is 16.5. The van der Waals surface area contributed by atoms with Gasteiger partial charge in [-0.15, -0.1) is 5.10 Å². The van der Waals surface area contributed by atoms with Gasteiger partial charge in [0.25, 0.3) is 5.91 Å². The zero-order valence-corrected chi connectivity index (χ0v) is 18.7. The fourth-order valence-corrected chi connectivity index (χ4v) is 3.99. The molecule has 2 heterocycles. The summed E-state index contributed by atoms with van der Waals surface area (Å²) >= 11 is 0. The number of likely N-dealkylation sites (N-methyl/N-ethyl adjacent to an activating group) is 1. The van der Waals surface area contributed by atoms with Crippen molar-refractivity contribution in [3.63, 3.8) is 0 Å². The van der Waals surface area contributed by atoms with E-state index < -0.39 is 0 Å². The molecule has 32 heavy (non-hydrogen) atoms. The van der Waals surface area contributed by atoms with Crippen LogP contribution in [0.3, 0.4) is 0 Å². The van der Waals surface area contributed by atoms with Crippen molar-refractivity contribution < 1.29 is 9.53 Å². The van der Waals surface area contributed by atoms with Crippen molar-refractivity contribution in [2.24, 2.45) is 0 Å². The van der Waals surface area contributed by atoms with Crippen LogP contribution in [0.4, 0.5) is 5.69 Å². The van der Waals surface area contributed by atoms with Crippen molar-refractivity contribution >= 4 is 23.4 Å². The summed E-state index contributed by atoms with van der Waals surface area (Å²) < 4.78 is 6.80. The van der Waals surface area contributed by atoms with E-state index in [1.54, 1.807) is 25.0 Å². The molecule has 1 aromatic heterocycles. The van der Waals surface area contributed by atoms with E-state index in [1.165, 1.54) is 23.2 Å². The van der Waals surface area contributed by atoms with Gasteiger partial charge in [0.05, 0.1) is 7.11 Å². The molecule has 1 amide bonds. The van der Waals surface area contributed by atoms with Gasteiger partial charge in [-0.2, -0.15) is 4.68 Å². The predicted octanol–water partition coefficient (Wildman–Crippen LogP) is 3.25. The standard InChI is InChI=1S/C24H28N6O2/c1-18-25-26-27-30(18)23(16-19-9-8-11-21(15-19)32-3)24(31)28(2)17-20-10-4-5-12-22(20)29-13-6-7-14-29/h4-5,8-12,15-16H,6-7,13-14,17H2,1-3H3/b23-16-. The zero-order chi connectivity index (χ0) is 22.5. The molecule has 8 nitrogen and oxygen atoms in total. The lowest BCUT2D eigenvalue weighted by molar-refractivity contribution is -0.124. The molecule has 0 bridgehead atoms. The fourth-order valence-electron chi connectivity index (χ4n) is 3.99. The molecule has 8 heteroatoms. The molecular formula is C24H28N6O2. The largest absolute Gasteiger partial charge is 0.497 e. The molecule has 0 atom stereocenters. The third kappa shape index (κ3) is 4.64. The maximum Gasteiger partial charge on any atom is 0.272 e. The first-order valence-corrected chi connectivity index (χ1v) is 10.8. The summed E-state index contributed by atoms with van der Waals surface area (Å²) in [5.41, 5.74) is 3.52. The number of para-hydroxylation sites is 1. The van der Waals surface area contributed by atoms with E-state index in [9.17, 15) is 4.79 Å². The van der Waals surface area contributed by atoms with Gasteiger partial charge in [-0.3, -0.25) is 4.79 Å². The molecule has 1 saturated heterocycles. The molecule has 1 aliphatic rings. The summed E-state index contributed by atoms with van der Waals surface area (Å²) in [6, 6.07) is 15.8. The summed E-state index contributed by atoms with van der Waals surface area (Å²) in [5.74, 6) is 1.09. The van der Waals surface area contributed by atoms with Crippen LogP contribution < -0.4 is 9.64 Å². The van der Waals surface area contributed by atoms with Crippen LogP contribution in [0.1, 0.15) is 29.8 Å². The molecule has 0 spiro atoms. The topological polar surface area (TPSA) is 76.4 Å². The van der Waals surface area contributed by atoms with Gasteiger partial charge in [0.2, 0.25) is 0 Å². The fraction of sp³-hybridized carbons (Fsp3) is 0.333. The maximum atomic E-state index is 13.6. The maximum absolute atomic E-state index is 13.6. The van der Waals surface area contributed by atoms with E-state index in [0.717, 1.165) is 24.2 Å². The normalized spacial score (nSPS) is 14.0. The van der Waals surface area contributed by atoms with E-state index in [-0.39, 0.29) is 5.91 Å². The van der Waals surface area contributed by atoms with Crippen molar-refractivity contribution in [3.05, 3.63) is 65.5 Å². The smallest absolute Gasteiger partial charge is 0.272 e. The Morgan fingerprint density at radius 3 is 2.66 bits per heavy atom. The Labute approximate surface area is 188 Å². The lowest BCUT2D eigenvalue weighted by atomic mass is 10.1. The number of carbonyl (C=O) groups is 1. The second-order valence-electron chi connectivity index (χ2n) is 7.93. The summed E-state index contributed by atoms with van der Waals surface area (Å²) in [5, 5.41) is 11.7. The van der Waals surface area contributed by atoms with Crippen LogP contribution in [0.25, 0.3) is 11.8 Å². The van der Waals surface area contributed by atoms with E-state index in [4.69, 9.17) is 4.74 Å². The van der Waals surface area contributed by atoms with Crippen molar-refractivity contribution in [3.8, 4) is 5.75 Å². The van der Waals surface area contributed by atoms with E-state index in [0.29, 0.717) is 23.8 Å². The number of hydrogen-bond donors (Lipinski definition) is 0. The van der Waals surface area contributed by atoms with Crippen LogP contribution in [0.2, 0.25) is 0 Å². The molecule has 0 radical (unpaired) electrons. The number of rotatable bonds is 7. The van der Waals surface area contributed by atoms with Gasteiger partial charge in [0.15, 0.2) is 5.82 Å². The van der Waals surface area contributed by atoms with Crippen LogP contribution in [0.5, 0.6) is 5.75 Å². The van der Waals surface area contributed by atoms with Crippen molar-refractivity contribution in [1.29, 1.82) is 0 Å². The van der Waals surface area contributed by atoms with Gasteiger partial charge >= 0.3 is 0 Å². The summed E-state index contributed by atoms with van der Waals surface area (Å²) in [6.07, 6.45) is 4.20. The highest BCUT2D eigenvalue weighted by Crippen LogP contribution is 2.26. The van der Waals surface area contributed by atoms with Gasteiger partial charge in [0, 0.05) is 32.4 Å². The highest BCUT2D eigenvalue weighted by Gasteiger charge is 2.22. The van der Waals surface area contributed by atoms with Crippen molar-refractivity contribution in [1.82, 2.24) is 25.1 Å². The Hall–Kier alpha value is -3.68. The highest BCUT2D eigenvalue weighted by molar-refractivity contribution is 6.18. The van der Waals surface area contributed by atoms with Crippen LogP contribution in [0, 0.1) is 6.92 Å². The van der Waals surface area contributed by atoms with Gasteiger partial charge in [-0.1, -0.05) is 30.3 Å². The van der Waals surface area contributed by atoms with E-state index >= 15 is 0 Å². The second kappa shape index (κ2) is 9.64. The average molecular weight is 433 g/mol. The van der Waals surface area contributed by atoms with Gasteiger partial charge in [0.1, 0.15) is 11.4 Å². The van der Waals surface area contributed by atoms with E-state index in [1.807, 2.05) is 37.4 Å². The Bertz CT molecular complexity index is 1120. The molecule has 0 unspecified atom stereocenters. The van der Waals surface area contributed by atoms with Crippen LogP contribution in [-0.4, -0.2) is 58.3 Å². The Kier molecular flexibility index (Phi) is 6.49. The van der Waals surface area contributed by atoms with Crippen LogP contribution in [0.15, 0.2) is 48.5 Å². The minimum absolute atomic E-state index is 0.167. The molecular weight excluding hydrogens is 404 g/mol. The van der Waals surface area contributed by atoms with Gasteiger partial charge < -0.3 is 14.5 Å². The van der Waals surface area contributed by atoms with E-state index in [2.05, 4.69) is 38.6 Å². The lowest BCUT2D eigenvalue weighted by Gasteiger charge is -2.25. The molecule has 166 valence electrons. The predicted molar refractivity (Wildman–Crippen MR) is 124 cm³/mol. The molecule has 1 fully saturated rings. The Morgan fingerprint density at radius 2 is 1.94 bits per heavy atom. The number of aromatic nitrogens is 4. The quantitative estimate of drug-likeness (QED) is 0.534. The first kappa shape index (κ1) is 21.5. The number of anilines is 1. The van der Waals surface area contributed by atoms with Crippen LogP contribution >= 0.6 is 0 Å². The lowest BCUT2D eigenvalue weighted by Crippen LogP contribution is -2.30. The number of carbonyl (C=O) groups excluding carboxylic acids is 1. The minimum Gasteiger partial charge on any atom is -0.497 e.